The molecule has 0 radical (unpaired) electrons. The van der Waals surface area contributed by atoms with E-state index in [1.165, 1.54) is 0 Å². The SMILES string of the molecule is CCC(C)(CCO)NC(=O)C(N)CC(N)=O. The molecule has 16 heavy (non-hydrogen) atoms. The van der Waals surface area contributed by atoms with Crippen molar-refractivity contribution in [2.45, 2.75) is 44.7 Å². The monoisotopic (exact) mass is 231 g/mol. The molecule has 0 rings (SSSR count). The predicted octanol–water partition coefficient (Wildman–Crippen LogP) is -1.14. The summed E-state index contributed by atoms with van der Waals surface area (Å²) in [5.74, 6) is -1.03. The van der Waals surface area contributed by atoms with E-state index in [1.807, 2.05) is 13.8 Å². The fourth-order valence-electron chi connectivity index (χ4n) is 1.27. The average molecular weight is 231 g/mol. The first-order chi connectivity index (χ1) is 7.34. The van der Waals surface area contributed by atoms with Crippen LogP contribution in [0.1, 0.15) is 33.1 Å². The van der Waals surface area contributed by atoms with Gasteiger partial charge in [-0.25, -0.2) is 0 Å². The number of carbonyl (C=O) groups excluding carboxylic acids is 2. The number of amides is 2. The lowest BCUT2D eigenvalue weighted by atomic mass is 9.94. The average Bonchev–Trinajstić information content (AvgIpc) is 2.17. The maximum Gasteiger partial charge on any atom is 0.237 e. The highest BCUT2D eigenvalue weighted by Gasteiger charge is 2.26. The summed E-state index contributed by atoms with van der Waals surface area (Å²) in [4.78, 5) is 22.2. The summed E-state index contributed by atoms with van der Waals surface area (Å²) in [6.07, 6.45) is 0.936. The second kappa shape index (κ2) is 6.44. The zero-order valence-electron chi connectivity index (χ0n) is 9.82. The minimum atomic E-state index is -0.929. The van der Waals surface area contributed by atoms with Crippen molar-refractivity contribution < 1.29 is 14.7 Å². The molecule has 6 nitrogen and oxygen atoms in total. The van der Waals surface area contributed by atoms with Gasteiger partial charge in [0, 0.05) is 12.1 Å². The predicted molar refractivity (Wildman–Crippen MR) is 60.3 cm³/mol. The minimum absolute atomic E-state index is 0.0182. The Balaban J connectivity index is 4.34. The molecule has 2 atom stereocenters. The number of primary amides is 1. The van der Waals surface area contributed by atoms with Gasteiger partial charge in [-0.05, 0) is 19.8 Å². The van der Waals surface area contributed by atoms with Gasteiger partial charge < -0.3 is 21.9 Å². The molecule has 0 aromatic rings. The molecular weight excluding hydrogens is 210 g/mol. The van der Waals surface area contributed by atoms with E-state index in [4.69, 9.17) is 16.6 Å². The van der Waals surface area contributed by atoms with Crippen LogP contribution in [0.25, 0.3) is 0 Å². The number of carbonyl (C=O) groups is 2. The Bertz CT molecular complexity index is 258. The summed E-state index contributed by atoms with van der Waals surface area (Å²) in [6, 6.07) is -0.929. The van der Waals surface area contributed by atoms with E-state index >= 15 is 0 Å². The van der Waals surface area contributed by atoms with Crippen LogP contribution in [0.15, 0.2) is 0 Å². The molecule has 6 heteroatoms. The molecule has 0 saturated carbocycles. The van der Waals surface area contributed by atoms with Gasteiger partial charge in [0.15, 0.2) is 0 Å². The lowest BCUT2D eigenvalue weighted by Gasteiger charge is -2.30. The molecule has 2 amide bonds. The largest absolute Gasteiger partial charge is 0.396 e. The maximum absolute atomic E-state index is 11.6. The van der Waals surface area contributed by atoms with Crippen molar-refractivity contribution in [1.82, 2.24) is 5.32 Å². The van der Waals surface area contributed by atoms with Gasteiger partial charge in [-0.1, -0.05) is 6.92 Å². The summed E-state index contributed by atoms with van der Waals surface area (Å²) in [6.45, 7) is 3.70. The van der Waals surface area contributed by atoms with Gasteiger partial charge in [-0.3, -0.25) is 9.59 Å². The van der Waals surface area contributed by atoms with E-state index in [-0.39, 0.29) is 13.0 Å². The van der Waals surface area contributed by atoms with Gasteiger partial charge in [0.1, 0.15) is 0 Å². The third kappa shape index (κ3) is 5.09. The molecule has 0 aliphatic carbocycles. The second-order valence-electron chi connectivity index (χ2n) is 4.15. The molecule has 0 heterocycles. The van der Waals surface area contributed by atoms with Gasteiger partial charge in [-0.2, -0.15) is 0 Å². The molecule has 0 saturated heterocycles. The van der Waals surface area contributed by atoms with Crippen molar-refractivity contribution in [2.75, 3.05) is 6.61 Å². The van der Waals surface area contributed by atoms with E-state index in [1.54, 1.807) is 0 Å². The first-order valence-electron chi connectivity index (χ1n) is 5.31. The van der Waals surface area contributed by atoms with Gasteiger partial charge in [0.05, 0.1) is 12.5 Å². The highest BCUT2D eigenvalue weighted by atomic mass is 16.3. The molecule has 0 aromatic heterocycles. The van der Waals surface area contributed by atoms with Gasteiger partial charge in [0.2, 0.25) is 11.8 Å². The van der Waals surface area contributed by atoms with Crippen molar-refractivity contribution in [1.29, 1.82) is 0 Å². The lowest BCUT2D eigenvalue weighted by Crippen LogP contribution is -2.53. The lowest BCUT2D eigenvalue weighted by molar-refractivity contribution is -0.127. The number of rotatable bonds is 7. The summed E-state index contributed by atoms with van der Waals surface area (Å²) in [5, 5.41) is 11.6. The smallest absolute Gasteiger partial charge is 0.237 e. The minimum Gasteiger partial charge on any atom is -0.396 e. The number of hydrogen-bond acceptors (Lipinski definition) is 4. The van der Waals surface area contributed by atoms with Crippen LogP contribution in [0, 0.1) is 0 Å². The van der Waals surface area contributed by atoms with E-state index in [2.05, 4.69) is 5.32 Å². The van der Waals surface area contributed by atoms with Gasteiger partial charge in [0.25, 0.3) is 0 Å². The fraction of sp³-hybridized carbons (Fsp3) is 0.800. The van der Waals surface area contributed by atoms with Crippen molar-refractivity contribution in [3.8, 4) is 0 Å². The number of hydrogen-bond donors (Lipinski definition) is 4. The van der Waals surface area contributed by atoms with Crippen molar-refractivity contribution in [3.05, 3.63) is 0 Å². The highest BCUT2D eigenvalue weighted by molar-refractivity contribution is 5.87. The van der Waals surface area contributed by atoms with E-state index in [0.717, 1.165) is 0 Å². The molecule has 0 bridgehead atoms. The Hall–Kier alpha value is -1.14. The van der Waals surface area contributed by atoms with Crippen LogP contribution in [0.3, 0.4) is 0 Å². The zero-order valence-corrected chi connectivity index (χ0v) is 9.82. The molecule has 0 aliphatic heterocycles. The molecule has 0 fully saturated rings. The van der Waals surface area contributed by atoms with Crippen LogP contribution >= 0.6 is 0 Å². The quantitative estimate of drug-likeness (QED) is 0.442. The highest BCUT2D eigenvalue weighted by Crippen LogP contribution is 2.13. The summed E-state index contributed by atoms with van der Waals surface area (Å²) < 4.78 is 0. The third-order valence-corrected chi connectivity index (χ3v) is 2.63. The van der Waals surface area contributed by atoms with Gasteiger partial charge >= 0.3 is 0 Å². The molecule has 0 spiro atoms. The summed E-state index contributed by atoms with van der Waals surface area (Å²) >= 11 is 0. The molecular formula is C10H21N3O3. The Morgan fingerprint density at radius 1 is 1.50 bits per heavy atom. The van der Waals surface area contributed by atoms with Gasteiger partial charge in [-0.15, -0.1) is 0 Å². The van der Waals surface area contributed by atoms with Crippen LogP contribution < -0.4 is 16.8 Å². The first kappa shape index (κ1) is 14.9. The van der Waals surface area contributed by atoms with E-state index in [9.17, 15) is 9.59 Å². The Kier molecular flexibility index (Phi) is 5.98. The standard InChI is InChI=1S/C10H21N3O3/c1-3-10(2,4-5-14)13-9(16)7(11)6-8(12)15/h7,14H,3-6,11H2,1-2H3,(H2,12,15)(H,13,16). The number of nitrogens with two attached hydrogens (primary N) is 2. The molecule has 6 N–H and O–H groups in total. The molecule has 2 unspecified atom stereocenters. The maximum atomic E-state index is 11.6. The Labute approximate surface area is 95.4 Å². The summed E-state index contributed by atoms with van der Waals surface area (Å²) in [7, 11) is 0. The second-order valence-corrected chi connectivity index (χ2v) is 4.15. The number of aliphatic hydroxyl groups is 1. The number of nitrogens with one attached hydrogen (secondary N) is 1. The van der Waals surface area contributed by atoms with Crippen LogP contribution in [0.4, 0.5) is 0 Å². The van der Waals surface area contributed by atoms with Crippen LogP contribution in [0.5, 0.6) is 0 Å². The van der Waals surface area contributed by atoms with Crippen molar-refractivity contribution >= 4 is 11.8 Å². The fourth-order valence-corrected chi connectivity index (χ4v) is 1.27. The summed E-state index contributed by atoms with van der Waals surface area (Å²) in [5.41, 5.74) is 9.95. The normalized spacial score (nSPS) is 16.2. The van der Waals surface area contributed by atoms with Crippen LogP contribution in [0.2, 0.25) is 0 Å². The van der Waals surface area contributed by atoms with Crippen LogP contribution in [-0.4, -0.2) is 35.1 Å². The van der Waals surface area contributed by atoms with E-state index in [0.29, 0.717) is 12.8 Å². The Morgan fingerprint density at radius 3 is 2.44 bits per heavy atom. The zero-order chi connectivity index (χ0) is 12.8. The number of aliphatic hydroxyl groups excluding tert-OH is 1. The molecule has 94 valence electrons. The van der Waals surface area contributed by atoms with Crippen molar-refractivity contribution in [3.63, 3.8) is 0 Å². The van der Waals surface area contributed by atoms with Crippen molar-refractivity contribution in [2.24, 2.45) is 11.5 Å². The Morgan fingerprint density at radius 2 is 2.06 bits per heavy atom. The van der Waals surface area contributed by atoms with Crippen LogP contribution in [-0.2, 0) is 9.59 Å². The topological polar surface area (TPSA) is 118 Å². The molecule has 0 aliphatic rings. The molecule has 0 aromatic carbocycles. The third-order valence-electron chi connectivity index (χ3n) is 2.63. The first-order valence-corrected chi connectivity index (χ1v) is 5.31. The van der Waals surface area contributed by atoms with E-state index < -0.39 is 23.4 Å².